The van der Waals surface area contributed by atoms with Crippen LogP contribution in [-0.4, -0.2) is 22.5 Å². The Kier molecular flexibility index (Phi) is 3.06. The van der Waals surface area contributed by atoms with Gasteiger partial charge in [-0.25, -0.2) is 0 Å². The Morgan fingerprint density at radius 1 is 1.53 bits per heavy atom. The van der Waals surface area contributed by atoms with Gasteiger partial charge in [-0.05, 0) is 18.6 Å². The third kappa shape index (κ3) is 2.13. The lowest BCUT2D eigenvalue weighted by Crippen LogP contribution is -2.21. The molecule has 1 aromatic carbocycles. The van der Waals surface area contributed by atoms with Gasteiger partial charge in [0, 0.05) is 5.56 Å². The van der Waals surface area contributed by atoms with Crippen LogP contribution < -0.4 is 5.73 Å². The summed E-state index contributed by atoms with van der Waals surface area (Å²) in [6, 6.07) is 1.57. The van der Waals surface area contributed by atoms with Crippen molar-refractivity contribution in [1.82, 2.24) is 0 Å². The number of aryl methyl sites for hydroxylation is 1. The molecular weight excluding hydrogens is 198 g/mol. The molecule has 0 amide bonds. The monoisotopic (exact) mass is 209 g/mol. The molecule has 0 bridgehead atoms. The first-order valence-corrected chi connectivity index (χ1v) is 4.24. The van der Waals surface area contributed by atoms with Gasteiger partial charge in [0.2, 0.25) is 0 Å². The maximum Gasteiger partial charge on any atom is 0.325 e. The van der Waals surface area contributed by atoms with Crippen molar-refractivity contribution in [2.75, 3.05) is 0 Å². The van der Waals surface area contributed by atoms with Gasteiger partial charge in [0.25, 0.3) is 0 Å². The summed E-state index contributed by atoms with van der Waals surface area (Å²) >= 11 is 0. The molecule has 4 N–H and O–H groups in total. The summed E-state index contributed by atoms with van der Waals surface area (Å²) in [4.78, 5) is 21.2. The van der Waals surface area contributed by atoms with E-state index in [9.17, 15) is 14.7 Å². The third-order valence-electron chi connectivity index (χ3n) is 2.04. The summed E-state index contributed by atoms with van der Waals surface area (Å²) < 4.78 is 0. The van der Waals surface area contributed by atoms with Crippen LogP contribution in [-0.2, 0) is 4.79 Å². The Morgan fingerprint density at radius 3 is 2.60 bits per heavy atom. The van der Waals surface area contributed by atoms with E-state index in [4.69, 9.17) is 10.8 Å². The van der Waals surface area contributed by atoms with E-state index in [-0.39, 0.29) is 16.9 Å². The SMILES string of the molecule is Cc1cc(C=O)c(O)c([C@@H](N)C(=O)O)c1. The minimum atomic E-state index is -1.33. The van der Waals surface area contributed by atoms with Crippen LogP contribution in [0.5, 0.6) is 5.75 Å². The molecule has 0 unspecified atom stereocenters. The molecule has 0 spiro atoms. The van der Waals surface area contributed by atoms with Crippen LogP contribution in [0, 0.1) is 6.92 Å². The first-order chi connectivity index (χ1) is 6.97. The quantitative estimate of drug-likeness (QED) is 0.633. The van der Waals surface area contributed by atoms with Gasteiger partial charge in [-0.3, -0.25) is 9.59 Å². The lowest BCUT2D eigenvalue weighted by Gasteiger charge is -2.11. The topological polar surface area (TPSA) is 101 Å². The van der Waals surface area contributed by atoms with Crippen molar-refractivity contribution in [2.45, 2.75) is 13.0 Å². The fraction of sp³-hybridized carbons (Fsp3) is 0.200. The number of phenols is 1. The smallest absolute Gasteiger partial charge is 0.325 e. The number of carboxylic acid groups (broad SMARTS) is 1. The Labute approximate surface area is 86.1 Å². The van der Waals surface area contributed by atoms with E-state index in [1.54, 1.807) is 6.92 Å². The van der Waals surface area contributed by atoms with Crippen LogP contribution >= 0.6 is 0 Å². The lowest BCUT2D eigenvalue weighted by molar-refractivity contribution is -0.138. The highest BCUT2D eigenvalue weighted by Crippen LogP contribution is 2.27. The molecule has 80 valence electrons. The summed E-state index contributed by atoms with van der Waals surface area (Å²) in [7, 11) is 0. The Morgan fingerprint density at radius 2 is 2.13 bits per heavy atom. The fourth-order valence-corrected chi connectivity index (χ4v) is 1.30. The molecule has 5 nitrogen and oxygen atoms in total. The molecule has 1 atom stereocenters. The van der Waals surface area contributed by atoms with Gasteiger partial charge in [-0.1, -0.05) is 6.07 Å². The first kappa shape index (κ1) is 11.2. The highest BCUT2D eigenvalue weighted by atomic mass is 16.4. The number of benzene rings is 1. The van der Waals surface area contributed by atoms with Crippen molar-refractivity contribution in [3.8, 4) is 5.75 Å². The van der Waals surface area contributed by atoms with Gasteiger partial charge in [-0.15, -0.1) is 0 Å². The Bertz CT molecular complexity index is 414. The van der Waals surface area contributed by atoms with Gasteiger partial charge in [0.05, 0.1) is 5.56 Å². The zero-order valence-electron chi connectivity index (χ0n) is 8.10. The number of aldehydes is 1. The van der Waals surface area contributed by atoms with Crippen molar-refractivity contribution in [1.29, 1.82) is 0 Å². The molecule has 0 aliphatic heterocycles. The molecule has 0 radical (unpaired) electrons. The second-order valence-corrected chi connectivity index (χ2v) is 3.23. The predicted octanol–water partition coefficient (Wildman–Crippen LogP) is 0.598. The van der Waals surface area contributed by atoms with E-state index in [2.05, 4.69) is 0 Å². The number of carboxylic acids is 1. The van der Waals surface area contributed by atoms with Crippen molar-refractivity contribution in [3.63, 3.8) is 0 Å². The Hall–Kier alpha value is -1.88. The number of carbonyl (C=O) groups is 2. The molecule has 0 aliphatic carbocycles. The third-order valence-corrected chi connectivity index (χ3v) is 2.04. The summed E-state index contributed by atoms with van der Waals surface area (Å²) in [5.41, 5.74) is 6.11. The maximum atomic E-state index is 10.6. The molecule has 0 saturated heterocycles. The fourth-order valence-electron chi connectivity index (χ4n) is 1.30. The number of carbonyl (C=O) groups excluding carboxylic acids is 1. The van der Waals surface area contributed by atoms with Crippen LogP contribution in [0.2, 0.25) is 0 Å². The number of rotatable bonds is 3. The van der Waals surface area contributed by atoms with E-state index in [1.165, 1.54) is 12.1 Å². The molecule has 0 heterocycles. The average molecular weight is 209 g/mol. The van der Waals surface area contributed by atoms with Crippen LogP contribution in [0.4, 0.5) is 0 Å². The van der Waals surface area contributed by atoms with Crippen molar-refractivity contribution >= 4 is 12.3 Å². The van der Waals surface area contributed by atoms with E-state index in [0.29, 0.717) is 11.8 Å². The Balaban J connectivity index is 3.34. The molecule has 1 aromatic rings. The normalized spacial score (nSPS) is 12.1. The summed E-state index contributed by atoms with van der Waals surface area (Å²) in [6.07, 6.45) is 0.459. The van der Waals surface area contributed by atoms with Crippen LogP contribution in [0.25, 0.3) is 0 Å². The first-order valence-electron chi connectivity index (χ1n) is 4.24. The zero-order chi connectivity index (χ0) is 11.6. The van der Waals surface area contributed by atoms with Gasteiger partial charge >= 0.3 is 5.97 Å². The second-order valence-electron chi connectivity index (χ2n) is 3.23. The second kappa shape index (κ2) is 4.10. The summed E-state index contributed by atoms with van der Waals surface area (Å²) in [6.45, 7) is 1.69. The number of aromatic hydroxyl groups is 1. The lowest BCUT2D eigenvalue weighted by atomic mass is 10.00. The van der Waals surface area contributed by atoms with Crippen LogP contribution in [0.1, 0.15) is 27.5 Å². The molecule has 0 aliphatic rings. The molecule has 0 fully saturated rings. The number of hydrogen-bond acceptors (Lipinski definition) is 4. The highest BCUT2D eigenvalue weighted by molar-refractivity contribution is 5.83. The van der Waals surface area contributed by atoms with Gasteiger partial charge in [0.15, 0.2) is 6.29 Å². The van der Waals surface area contributed by atoms with Crippen molar-refractivity contribution in [3.05, 3.63) is 28.8 Å². The number of hydrogen-bond donors (Lipinski definition) is 3. The van der Waals surface area contributed by atoms with E-state index in [1.807, 2.05) is 0 Å². The largest absolute Gasteiger partial charge is 0.507 e. The zero-order valence-corrected chi connectivity index (χ0v) is 8.10. The number of aliphatic carboxylic acids is 1. The van der Waals surface area contributed by atoms with Crippen molar-refractivity contribution < 1.29 is 19.8 Å². The minimum Gasteiger partial charge on any atom is -0.507 e. The standard InChI is InChI=1S/C10H11NO4/c1-5-2-6(4-12)9(13)7(3-5)8(11)10(14)15/h2-4,8,13H,11H2,1H3,(H,14,15)/t8-/m1/s1. The maximum absolute atomic E-state index is 10.6. The van der Waals surface area contributed by atoms with E-state index < -0.39 is 12.0 Å². The molecule has 15 heavy (non-hydrogen) atoms. The molecule has 0 saturated carbocycles. The van der Waals surface area contributed by atoms with E-state index >= 15 is 0 Å². The number of phenolic OH excluding ortho intramolecular Hbond substituents is 1. The highest BCUT2D eigenvalue weighted by Gasteiger charge is 2.20. The molecule has 5 heteroatoms. The average Bonchev–Trinajstić information content (AvgIpc) is 2.19. The molecule has 1 rings (SSSR count). The molecule has 0 aromatic heterocycles. The van der Waals surface area contributed by atoms with Crippen LogP contribution in [0.3, 0.4) is 0 Å². The van der Waals surface area contributed by atoms with Crippen molar-refractivity contribution in [2.24, 2.45) is 5.73 Å². The van der Waals surface area contributed by atoms with Gasteiger partial charge in [0.1, 0.15) is 11.8 Å². The van der Waals surface area contributed by atoms with Gasteiger partial charge in [-0.2, -0.15) is 0 Å². The summed E-state index contributed by atoms with van der Waals surface area (Å²) in [5.74, 6) is -1.63. The number of nitrogens with two attached hydrogens (primary N) is 1. The van der Waals surface area contributed by atoms with Gasteiger partial charge < -0.3 is 15.9 Å². The predicted molar refractivity (Wildman–Crippen MR) is 52.8 cm³/mol. The van der Waals surface area contributed by atoms with E-state index in [0.717, 1.165) is 0 Å². The van der Waals surface area contributed by atoms with Crippen LogP contribution in [0.15, 0.2) is 12.1 Å². The minimum absolute atomic E-state index is 0.0432. The molecular formula is C10H11NO4. The summed E-state index contributed by atoms with van der Waals surface area (Å²) in [5, 5.41) is 18.2.